The average molecular weight is 186 g/mol. The van der Waals surface area contributed by atoms with Crippen molar-refractivity contribution in [2.75, 3.05) is 0 Å². The van der Waals surface area contributed by atoms with Crippen molar-refractivity contribution >= 4 is 6.21 Å². The second kappa shape index (κ2) is 3.79. The molecule has 3 heteroatoms. The van der Waals surface area contributed by atoms with Crippen molar-refractivity contribution < 1.29 is 4.42 Å². The van der Waals surface area contributed by atoms with E-state index in [2.05, 4.69) is 5.10 Å². The van der Waals surface area contributed by atoms with E-state index in [-0.39, 0.29) is 0 Å². The largest absolute Gasteiger partial charge is 0.464 e. The van der Waals surface area contributed by atoms with Crippen molar-refractivity contribution in [2.24, 2.45) is 10.9 Å². The van der Waals surface area contributed by atoms with Gasteiger partial charge in [-0.25, -0.2) is 0 Å². The van der Waals surface area contributed by atoms with Crippen LogP contribution in [0.25, 0.3) is 11.3 Å². The average Bonchev–Trinajstić information content (AvgIpc) is 2.71. The third-order valence-electron chi connectivity index (χ3n) is 1.92. The smallest absolute Gasteiger partial charge is 0.133 e. The summed E-state index contributed by atoms with van der Waals surface area (Å²) in [6, 6.07) is 11.6. The first-order valence-corrected chi connectivity index (χ1v) is 4.27. The standard InChI is InChI=1S/C11H10N2O/c12-13-8-9-3-1-4-10(7-9)11-5-2-6-14-11/h1-8H,12H2. The zero-order chi connectivity index (χ0) is 9.80. The normalized spacial score (nSPS) is 10.9. The van der Waals surface area contributed by atoms with Crippen molar-refractivity contribution in [3.63, 3.8) is 0 Å². The Kier molecular flexibility index (Phi) is 2.32. The Bertz CT molecular complexity index is 432. The van der Waals surface area contributed by atoms with E-state index in [4.69, 9.17) is 10.3 Å². The lowest BCUT2D eigenvalue weighted by Crippen LogP contribution is -1.86. The Balaban J connectivity index is 2.40. The number of nitrogens with zero attached hydrogens (tertiary/aromatic N) is 1. The maximum absolute atomic E-state index is 5.28. The fraction of sp³-hybridized carbons (Fsp3) is 0. The van der Waals surface area contributed by atoms with E-state index < -0.39 is 0 Å². The van der Waals surface area contributed by atoms with E-state index in [0.29, 0.717) is 0 Å². The van der Waals surface area contributed by atoms with Gasteiger partial charge in [0, 0.05) is 5.56 Å². The predicted molar refractivity (Wildman–Crippen MR) is 55.9 cm³/mol. The van der Waals surface area contributed by atoms with Crippen LogP contribution in [0.2, 0.25) is 0 Å². The maximum atomic E-state index is 5.28. The predicted octanol–water partition coefficient (Wildman–Crippen LogP) is 2.24. The van der Waals surface area contributed by atoms with E-state index in [1.54, 1.807) is 12.5 Å². The first-order valence-electron chi connectivity index (χ1n) is 4.27. The minimum absolute atomic E-state index is 0.845. The van der Waals surface area contributed by atoms with Crippen LogP contribution in [0.1, 0.15) is 5.56 Å². The fourth-order valence-corrected chi connectivity index (χ4v) is 1.30. The summed E-state index contributed by atoms with van der Waals surface area (Å²) in [5.41, 5.74) is 1.98. The summed E-state index contributed by atoms with van der Waals surface area (Å²) in [4.78, 5) is 0. The van der Waals surface area contributed by atoms with Gasteiger partial charge in [0.05, 0.1) is 12.5 Å². The molecule has 0 amide bonds. The summed E-state index contributed by atoms with van der Waals surface area (Å²) in [7, 11) is 0. The number of hydrogen-bond acceptors (Lipinski definition) is 3. The number of hydrogen-bond donors (Lipinski definition) is 1. The molecule has 0 aliphatic heterocycles. The van der Waals surface area contributed by atoms with Crippen molar-refractivity contribution in [1.82, 2.24) is 0 Å². The first kappa shape index (κ1) is 8.56. The van der Waals surface area contributed by atoms with E-state index >= 15 is 0 Å². The lowest BCUT2D eigenvalue weighted by atomic mass is 10.1. The summed E-state index contributed by atoms with van der Waals surface area (Å²) in [6.45, 7) is 0. The molecule has 0 unspecified atom stereocenters. The summed E-state index contributed by atoms with van der Waals surface area (Å²) in [6.07, 6.45) is 3.26. The van der Waals surface area contributed by atoms with Crippen LogP contribution < -0.4 is 5.84 Å². The first-order chi connectivity index (χ1) is 6.90. The summed E-state index contributed by atoms with van der Waals surface area (Å²) in [5.74, 6) is 5.92. The highest BCUT2D eigenvalue weighted by molar-refractivity contribution is 5.81. The molecular formula is C11H10N2O. The molecule has 1 aromatic carbocycles. The Morgan fingerprint density at radius 2 is 2.14 bits per heavy atom. The van der Waals surface area contributed by atoms with Crippen LogP contribution in [0.5, 0.6) is 0 Å². The molecule has 14 heavy (non-hydrogen) atoms. The van der Waals surface area contributed by atoms with Crippen LogP contribution >= 0.6 is 0 Å². The Morgan fingerprint density at radius 3 is 2.86 bits per heavy atom. The molecule has 0 aliphatic carbocycles. The van der Waals surface area contributed by atoms with Gasteiger partial charge in [-0.1, -0.05) is 18.2 Å². The van der Waals surface area contributed by atoms with Crippen molar-refractivity contribution in [3.8, 4) is 11.3 Å². The second-order valence-electron chi connectivity index (χ2n) is 2.88. The number of benzene rings is 1. The second-order valence-corrected chi connectivity index (χ2v) is 2.88. The number of furan rings is 1. The number of rotatable bonds is 2. The van der Waals surface area contributed by atoms with Crippen molar-refractivity contribution in [3.05, 3.63) is 48.2 Å². The molecule has 0 bridgehead atoms. The third kappa shape index (κ3) is 1.66. The zero-order valence-corrected chi connectivity index (χ0v) is 7.55. The molecule has 2 rings (SSSR count). The van der Waals surface area contributed by atoms with E-state index in [1.165, 1.54) is 0 Å². The molecule has 0 saturated heterocycles. The lowest BCUT2D eigenvalue weighted by molar-refractivity contribution is 0.582. The van der Waals surface area contributed by atoms with Crippen molar-refractivity contribution in [2.45, 2.75) is 0 Å². The molecule has 0 aliphatic rings. The number of nitrogens with two attached hydrogens (primary N) is 1. The van der Waals surface area contributed by atoms with Gasteiger partial charge in [0.2, 0.25) is 0 Å². The van der Waals surface area contributed by atoms with Crippen LogP contribution in [0.4, 0.5) is 0 Å². The van der Waals surface area contributed by atoms with Gasteiger partial charge >= 0.3 is 0 Å². The van der Waals surface area contributed by atoms with E-state index in [9.17, 15) is 0 Å². The molecule has 3 nitrogen and oxygen atoms in total. The molecule has 2 aromatic rings. The van der Waals surface area contributed by atoms with Gasteiger partial charge < -0.3 is 10.3 Å². The summed E-state index contributed by atoms with van der Waals surface area (Å²) < 4.78 is 5.28. The molecule has 0 radical (unpaired) electrons. The van der Waals surface area contributed by atoms with Crippen LogP contribution in [0.3, 0.4) is 0 Å². The molecule has 1 aromatic heterocycles. The monoisotopic (exact) mass is 186 g/mol. The Labute approximate surface area is 81.9 Å². The maximum Gasteiger partial charge on any atom is 0.133 e. The third-order valence-corrected chi connectivity index (χ3v) is 1.92. The molecular weight excluding hydrogens is 176 g/mol. The molecule has 1 heterocycles. The van der Waals surface area contributed by atoms with Gasteiger partial charge in [0.15, 0.2) is 0 Å². The summed E-state index contributed by atoms with van der Waals surface area (Å²) >= 11 is 0. The quantitative estimate of drug-likeness (QED) is 0.444. The molecule has 2 N–H and O–H groups in total. The Hall–Kier alpha value is -2.03. The highest BCUT2D eigenvalue weighted by atomic mass is 16.3. The molecule has 0 atom stereocenters. The van der Waals surface area contributed by atoms with Gasteiger partial charge in [-0.2, -0.15) is 5.10 Å². The topological polar surface area (TPSA) is 51.5 Å². The molecule has 70 valence electrons. The van der Waals surface area contributed by atoms with Crippen LogP contribution in [0, 0.1) is 0 Å². The zero-order valence-electron chi connectivity index (χ0n) is 7.55. The van der Waals surface area contributed by atoms with Crippen LogP contribution in [-0.4, -0.2) is 6.21 Å². The molecule has 0 spiro atoms. The van der Waals surface area contributed by atoms with Gasteiger partial charge in [0.1, 0.15) is 5.76 Å². The molecule has 0 saturated carbocycles. The van der Waals surface area contributed by atoms with Crippen molar-refractivity contribution in [1.29, 1.82) is 0 Å². The minimum atomic E-state index is 0.845. The van der Waals surface area contributed by atoms with Crippen LogP contribution in [-0.2, 0) is 0 Å². The van der Waals surface area contributed by atoms with Gasteiger partial charge in [-0.05, 0) is 23.8 Å². The molecule has 0 fully saturated rings. The number of hydrazone groups is 1. The highest BCUT2D eigenvalue weighted by Crippen LogP contribution is 2.19. The van der Waals surface area contributed by atoms with Gasteiger partial charge in [-0.15, -0.1) is 0 Å². The summed E-state index contributed by atoms with van der Waals surface area (Å²) in [5, 5.41) is 3.47. The van der Waals surface area contributed by atoms with Gasteiger partial charge in [0.25, 0.3) is 0 Å². The van der Waals surface area contributed by atoms with E-state index in [1.807, 2.05) is 36.4 Å². The highest BCUT2D eigenvalue weighted by Gasteiger charge is 1.99. The van der Waals surface area contributed by atoms with Gasteiger partial charge in [-0.3, -0.25) is 0 Å². The van der Waals surface area contributed by atoms with Crippen LogP contribution in [0.15, 0.2) is 52.2 Å². The lowest BCUT2D eigenvalue weighted by Gasteiger charge is -1.97. The minimum Gasteiger partial charge on any atom is -0.464 e. The Morgan fingerprint density at radius 1 is 1.21 bits per heavy atom. The SMILES string of the molecule is NN=Cc1cccc(-c2ccco2)c1. The fourth-order valence-electron chi connectivity index (χ4n) is 1.30. The van der Waals surface area contributed by atoms with E-state index in [0.717, 1.165) is 16.9 Å².